The zero-order valence-corrected chi connectivity index (χ0v) is 9.09. The second-order valence-corrected chi connectivity index (χ2v) is 2.81. The lowest BCUT2D eigenvalue weighted by Gasteiger charge is -2.09. The van der Waals surface area contributed by atoms with Crippen LogP contribution in [0.3, 0.4) is 0 Å². The molecule has 0 spiro atoms. The fourth-order valence-electron chi connectivity index (χ4n) is 0.953. The van der Waals surface area contributed by atoms with Crippen LogP contribution in [0.1, 0.15) is 6.92 Å². The van der Waals surface area contributed by atoms with Crippen molar-refractivity contribution < 1.29 is 0 Å². The Morgan fingerprint density at radius 3 is 2.40 bits per heavy atom. The molecule has 0 aliphatic heterocycles. The molecule has 0 aromatic carbocycles. The largest absolute Gasteiger partial charge is 0.373 e. The van der Waals surface area contributed by atoms with Crippen molar-refractivity contribution in [3.8, 4) is 0 Å². The van der Waals surface area contributed by atoms with Crippen molar-refractivity contribution in [1.82, 2.24) is 5.32 Å². The third-order valence-electron chi connectivity index (χ3n) is 1.77. The third kappa shape index (κ3) is 3.72. The van der Waals surface area contributed by atoms with E-state index in [-0.39, 0.29) is 11.5 Å². The maximum Gasteiger partial charge on any atom is 0.128 e. The minimum Gasteiger partial charge on any atom is -0.373 e. The summed E-state index contributed by atoms with van der Waals surface area (Å²) in [5.41, 5.74) is 1.37. The first-order valence-corrected chi connectivity index (χ1v) is 4.39. The van der Waals surface area contributed by atoms with Crippen LogP contribution in [0.25, 0.3) is 0 Å². The monoisotopic (exact) mass is 204 g/mol. The quantitative estimate of drug-likeness (QED) is 0.357. The van der Waals surface area contributed by atoms with Gasteiger partial charge in [0.2, 0.25) is 0 Å². The van der Waals surface area contributed by atoms with Crippen molar-refractivity contribution >= 4 is 18.3 Å². The lowest BCUT2D eigenvalue weighted by molar-refractivity contribution is 1.14. The van der Waals surface area contributed by atoms with Gasteiger partial charge in [-0.25, -0.2) is 0 Å². The highest BCUT2D eigenvalue weighted by Gasteiger charge is 2.10. The standard InChI is InChI=1S/C11H16N4/c1-5-6-8(2)10(12)9(7-14-3)11(13)15-4/h5-7,12H,1,3H2,2,4H3,(H2,13,15)/b8-6+,9-7-,12-10?. The molecule has 4 nitrogen and oxygen atoms in total. The predicted molar refractivity (Wildman–Crippen MR) is 66.1 cm³/mol. The molecule has 0 rings (SSSR count). The first-order chi connectivity index (χ1) is 7.08. The van der Waals surface area contributed by atoms with Gasteiger partial charge in [-0.05, 0) is 19.2 Å². The molecule has 0 fully saturated rings. The van der Waals surface area contributed by atoms with Crippen molar-refractivity contribution in [2.45, 2.75) is 6.92 Å². The SMILES string of the molecule is C=C/C=C(\C)C(=N)/C(=C/N=C)C(=N)NC. The van der Waals surface area contributed by atoms with Crippen LogP contribution in [0.4, 0.5) is 0 Å². The van der Waals surface area contributed by atoms with Crippen molar-refractivity contribution in [1.29, 1.82) is 10.8 Å². The van der Waals surface area contributed by atoms with Crippen LogP contribution in [0.15, 0.2) is 41.1 Å². The summed E-state index contributed by atoms with van der Waals surface area (Å²) in [5, 5.41) is 18.1. The van der Waals surface area contributed by atoms with Crippen molar-refractivity contribution in [3.05, 3.63) is 36.1 Å². The van der Waals surface area contributed by atoms with Crippen LogP contribution >= 0.6 is 0 Å². The molecule has 4 heteroatoms. The first kappa shape index (κ1) is 13.0. The summed E-state index contributed by atoms with van der Waals surface area (Å²) in [5.74, 6) is 0.143. The second kappa shape index (κ2) is 6.48. The Kier molecular flexibility index (Phi) is 5.63. The molecule has 15 heavy (non-hydrogen) atoms. The number of hydrogen-bond donors (Lipinski definition) is 3. The van der Waals surface area contributed by atoms with Gasteiger partial charge in [-0.15, -0.1) is 0 Å². The summed E-state index contributed by atoms with van der Waals surface area (Å²) >= 11 is 0. The number of aliphatic imine (C=N–C) groups is 1. The molecule has 0 unspecified atom stereocenters. The summed E-state index contributed by atoms with van der Waals surface area (Å²) in [6.45, 7) is 8.66. The van der Waals surface area contributed by atoms with Gasteiger partial charge >= 0.3 is 0 Å². The molecule has 0 aliphatic carbocycles. The highest BCUT2D eigenvalue weighted by Crippen LogP contribution is 2.07. The first-order valence-electron chi connectivity index (χ1n) is 4.39. The van der Waals surface area contributed by atoms with Crippen LogP contribution in [0.2, 0.25) is 0 Å². The Bertz CT molecular complexity index is 348. The number of rotatable bonds is 5. The Balaban J connectivity index is 5.12. The van der Waals surface area contributed by atoms with Crippen LogP contribution in [-0.2, 0) is 0 Å². The van der Waals surface area contributed by atoms with Crippen LogP contribution in [-0.4, -0.2) is 25.3 Å². The normalized spacial score (nSPS) is 11.9. The topological polar surface area (TPSA) is 72.1 Å². The third-order valence-corrected chi connectivity index (χ3v) is 1.77. The molecular formula is C11H16N4. The summed E-state index contributed by atoms with van der Waals surface area (Å²) in [6.07, 6.45) is 4.70. The molecule has 0 bridgehead atoms. The van der Waals surface area contributed by atoms with Gasteiger partial charge in [0.15, 0.2) is 0 Å². The predicted octanol–water partition coefficient (Wildman–Crippen LogP) is 1.92. The van der Waals surface area contributed by atoms with Crippen LogP contribution in [0.5, 0.6) is 0 Å². The zero-order valence-electron chi connectivity index (χ0n) is 9.09. The summed E-state index contributed by atoms with van der Waals surface area (Å²) in [4.78, 5) is 3.58. The summed E-state index contributed by atoms with van der Waals surface area (Å²) in [7, 11) is 1.62. The minimum atomic E-state index is 0.143. The van der Waals surface area contributed by atoms with Crippen molar-refractivity contribution in [3.63, 3.8) is 0 Å². The molecule has 0 amide bonds. The highest BCUT2D eigenvalue weighted by atomic mass is 14.9. The zero-order chi connectivity index (χ0) is 11.8. The van der Waals surface area contributed by atoms with E-state index in [0.29, 0.717) is 5.57 Å². The fourth-order valence-corrected chi connectivity index (χ4v) is 0.953. The fraction of sp³-hybridized carbons (Fsp3) is 0.182. The number of allylic oxidation sites excluding steroid dienone is 3. The molecule has 0 aromatic rings. The van der Waals surface area contributed by atoms with Gasteiger partial charge in [-0.1, -0.05) is 18.7 Å². The van der Waals surface area contributed by atoms with E-state index in [0.717, 1.165) is 5.57 Å². The molecule has 80 valence electrons. The molecule has 0 aromatic heterocycles. The Labute approximate surface area is 90.1 Å². The van der Waals surface area contributed by atoms with Gasteiger partial charge in [-0.3, -0.25) is 15.8 Å². The molecular weight excluding hydrogens is 188 g/mol. The van der Waals surface area contributed by atoms with E-state index in [1.54, 1.807) is 26.1 Å². The molecule has 0 heterocycles. The molecule has 0 aliphatic rings. The second-order valence-electron chi connectivity index (χ2n) is 2.81. The molecule has 3 N–H and O–H groups in total. The van der Waals surface area contributed by atoms with E-state index in [1.165, 1.54) is 6.20 Å². The maximum absolute atomic E-state index is 7.84. The Morgan fingerprint density at radius 1 is 1.40 bits per heavy atom. The summed E-state index contributed by atoms with van der Waals surface area (Å²) in [6, 6.07) is 0. The Hall–Kier alpha value is -1.97. The lowest BCUT2D eigenvalue weighted by Crippen LogP contribution is -2.24. The average molecular weight is 204 g/mol. The van der Waals surface area contributed by atoms with Gasteiger partial charge in [0.05, 0.1) is 11.3 Å². The average Bonchev–Trinajstić information content (AvgIpc) is 2.24. The van der Waals surface area contributed by atoms with Crippen LogP contribution in [0, 0.1) is 10.8 Å². The van der Waals surface area contributed by atoms with E-state index in [2.05, 4.69) is 23.6 Å². The van der Waals surface area contributed by atoms with E-state index in [9.17, 15) is 0 Å². The smallest absolute Gasteiger partial charge is 0.128 e. The summed E-state index contributed by atoms with van der Waals surface area (Å²) < 4.78 is 0. The van der Waals surface area contributed by atoms with E-state index in [1.807, 2.05) is 0 Å². The lowest BCUT2D eigenvalue weighted by atomic mass is 10.0. The number of nitrogens with one attached hydrogen (secondary N) is 3. The minimum absolute atomic E-state index is 0.143. The van der Waals surface area contributed by atoms with Gasteiger partial charge in [0, 0.05) is 13.2 Å². The number of amidine groups is 1. The van der Waals surface area contributed by atoms with Gasteiger partial charge < -0.3 is 5.32 Å². The van der Waals surface area contributed by atoms with E-state index < -0.39 is 0 Å². The van der Waals surface area contributed by atoms with Crippen molar-refractivity contribution in [2.75, 3.05) is 7.05 Å². The number of nitrogens with zero attached hydrogens (tertiary/aromatic N) is 1. The molecule has 0 saturated carbocycles. The van der Waals surface area contributed by atoms with E-state index >= 15 is 0 Å². The molecule has 0 atom stereocenters. The number of hydrogen-bond acceptors (Lipinski definition) is 3. The highest BCUT2D eigenvalue weighted by molar-refractivity contribution is 6.27. The van der Waals surface area contributed by atoms with Gasteiger partial charge in [-0.2, -0.15) is 0 Å². The van der Waals surface area contributed by atoms with Gasteiger partial charge in [0.1, 0.15) is 5.84 Å². The number of likely N-dealkylation sites (N-methyl/N-ethyl adjacent to an activating group) is 1. The maximum atomic E-state index is 7.84. The molecule has 0 saturated heterocycles. The Morgan fingerprint density at radius 2 is 2.00 bits per heavy atom. The van der Waals surface area contributed by atoms with E-state index in [4.69, 9.17) is 10.8 Å². The van der Waals surface area contributed by atoms with Gasteiger partial charge in [0.25, 0.3) is 0 Å². The van der Waals surface area contributed by atoms with Crippen LogP contribution < -0.4 is 5.32 Å². The molecule has 0 radical (unpaired) electrons. The van der Waals surface area contributed by atoms with Crippen molar-refractivity contribution in [2.24, 2.45) is 4.99 Å².